The lowest BCUT2D eigenvalue weighted by atomic mass is 10.1. The maximum Gasteiger partial charge on any atom is 0.418 e. The SMILES string of the molecule is N#Cc1ccc(C(F)(F)F)c(NCCCn2nc3n(c2=O)CCCC3)c1. The molecule has 0 spiro atoms. The smallest absolute Gasteiger partial charge is 0.384 e. The summed E-state index contributed by atoms with van der Waals surface area (Å²) in [7, 11) is 0. The molecular weight excluding hydrogens is 347 g/mol. The van der Waals surface area contributed by atoms with Crippen LogP contribution in [0, 0.1) is 11.3 Å². The van der Waals surface area contributed by atoms with Crippen LogP contribution < -0.4 is 11.0 Å². The second kappa shape index (κ2) is 7.23. The molecule has 0 saturated heterocycles. The van der Waals surface area contributed by atoms with E-state index in [4.69, 9.17) is 5.26 Å². The van der Waals surface area contributed by atoms with Crippen molar-refractivity contribution < 1.29 is 13.2 Å². The standard InChI is InChI=1S/C17H18F3N5O/c18-17(19,20)13-6-5-12(11-21)10-14(13)22-7-3-9-25-16(26)24-8-2-1-4-15(24)23-25/h5-6,10,22H,1-4,7-9H2. The fourth-order valence-corrected chi connectivity index (χ4v) is 3.05. The third-order valence-corrected chi connectivity index (χ3v) is 4.35. The molecule has 0 radical (unpaired) electrons. The Kier molecular flexibility index (Phi) is 5.02. The van der Waals surface area contributed by atoms with Crippen molar-refractivity contribution in [1.82, 2.24) is 14.3 Å². The number of hydrogen-bond donors (Lipinski definition) is 1. The maximum atomic E-state index is 13.1. The van der Waals surface area contributed by atoms with Crippen molar-refractivity contribution in [2.45, 2.75) is 44.9 Å². The van der Waals surface area contributed by atoms with E-state index in [1.807, 2.05) is 6.07 Å². The van der Waals surface area contributed by atoms with Crippen molar-refractivity contribution in [3.05, 3.63) is 45.6 Å². The lowest BCUT2D eigenvalue weighted by Crippen LogP contribution is -2.27. The van der Waals surface area contributed by atoms with Crippen molar-refractivity contribution >= 4 is 5.69 Å². The zero-order valence-corrected chi connectivity index (χ0v) is 14.0. The molecule has 1 aliphatic heterocycles. The third-order valence-electron chi connectivity index (χ3n) is 4.35. The molecule has 0 unspecified atom stereocenters. The minimum absolute atomic E-state index is 0.131. The van der Waals surface area contributed by atoms with Gasteiger partial charge >= 0.3 is 11.9 Å². The number of aromatic nitrogens is 3. The predicted octanol–water partition coefficient (Wildman–Crippen LogP) is 2.77. The van der Waals surface area contributed by atoms with Crippen LogP contribution >= 0.6 is 0 Å². The molecule has 2 heterocycles. The Balaban J connectivity index is 1.65. The number of nitrogens with one attached hydrogen (secondary N) is 1. The first-order valence-corrected chi connectivity index (χ1v) is 8.42. The molecule has 0 bridgehead atoms. The molecule has 138 valence electrons. The van der Waals surface area contributed by atoms with Crippen LogP contribution in [0.25, 0.3) is 0 Å². The molecule has 1 aromatic heterocycles. The molecule has 9 heteroatoms. The van der Waals surface area contributed by atoms with Crippen molar-refractivity contribution in [2.24, 2.45) is 0 Å². The third kappa shape index (κ3) is 3.74. The molecule has 1 aromatic carbocycles. The molecule has 0 atom stereocenters. The highest BCUT2D eigenvalue weighted by molar-refractivity contribution is 5.56. The van der Waals surface area contributed by atoms with E-state index < -0.39 is 11.7 Å². The van der Waals surface area contributed by atoms with E-state index in [-0.39, 0.29) is 23.5 Å². The minimum Gasteiger partial charge on any atom is -0.384 e. The summed E-state index contributed by atoms with van der Waals surface area (Å²) in [6.07, 6.45) is -1.33. The summed E-state index contributed by atoms with van der Waals surface area (Å²) in [4.78, 5) is 12.2. The maximum absolute atomic E-state index is 13.1. The van der Waals surface area contributed by atoms with Gasteiger partial charge in [0.25, 0.3) is 0 Å². The van der Waals surface area contributed by atoms with Gasteiger partial charge in [0.15, 0.2) is 0 Å². The Morgan fingerprint density at radius 2 is 2.12 bits per heavy atom. The van der Waals surface area contributed by atoms with Crippen molar-refractivity contribution in [2.75, 3.05) is 11.9 Å². The molecule has 2 aromatic rings. The number of aryl methyl sites for hydroxylation is 2. The molecular formula is C17H18F3N5O. The lowest BCUT2D eigenvalue weighted by molar-refractivity contribution is -0.136. The van der Waals surface area contributed by atoms with Crippen LogP contribution in [0.2, 0.25) is 0 Å². The Hall–Kier alpha value is -2.76. The largest absolute Gasteiger partial charge is 0.418 e. The molecule has 0 amide bonds. The number of fused-ring (bicyclic) bond motifs is 1. The number of hydrogen-bond acceptors (Lipinski definition) is 4. The summed E-state index contributed by atoms with van der Waals surface area (Å²) in [6.45, 7) is 1.22. The van der Waals surface area contributed by atoms with E-state index in [2.05, 4.69) is 10.4 Å². The number of benzene rings is 1. The monoisotopic (exact) mass is 365 g/mol. The zero-order chi connectivity index (χ0) is 18.7. The van der Waals surface area contributed by atoms with E-state index in [0.29, 0.717) is 19.5 Å². The van der Waals surface area contributed by atoms with Crippen molar-refractivity contribution in [3.63, 3.8) is 0 Å². The van der Waals surface area contributed by atoms with Gasteiger partial charge in [-0.2, -0.15) is 23.5 Å². The van der Waals surface area contributed by atoms with Gasteiger partial charge < -0.3 is 5.32 Å². The number of nitrogens with zero attached hydrogens (tertiary/aromatic N) is 4. The first-order chi connectivity index (χ1) is 12.4. The normalized spacial score (nSPS) is 13.9. The highest BCUT2D eigenvalue weighted by Gasteiger charge is 2.33. The topological polar surface area (TPSA) is 75.6 Å². The van der Waals surface area contributed by atoms with Crippen molar-refractivity contribution in [1.29, 1.82) is 5.26 Å². The highest BCUT2D eigenvalue weighted by atomic mass is 19.4. The molecule has 0 aliphatic carbocycles. The first kappa shape index (κ1) is 18.0. The number of alkyl halides is 3. The van der Waals surface area contributed by atoms with Gasteiger partial charge in [0.2, 0.25) is 0 Å². The van der Waals surface area contributed by atoms with E-state index in [1.165, 1.54) is 10.7 Å². The number of halogens is 3. The van der Waals surface area contributed by atoms with Crippen LogP contribution in [0.4, 0.5) is 18.9 Å². The second-order valence-corrected chi connectivity index (χ2v) is 6.18. The Labute approximate surface area is 147 Å². The highest BCUT2D eigenvalue weighted by Crippen LogP contribution is 2.35. The summed E-state index contributed by atoms with van der Waals surface area (Å²) in [5.41, 5.74) is -0.959. The fourth-order valence-electron chi connectivity index (χ4n) is 3.05. The van der Waals surface area contributed by atoms with Gasteiger partial charge in [-0.3, -0.25) is 4.57 Å². The number of nitriles is 1. The Morgan fingerprint density at radius 1 is 1.31 bits per heavy atom. The fraction of sp³-hybridized carbons (Fsp3) is 0.471. The van der Waals surface area contributed by atoms with Gasteiger partial charge in [-0.15, -0.1) is 0 Å². The molecule has 0 saturated carbocycles. The minimum atomic E-state index is -4.50. The summed E-state index contributed by atoms with van der Waals surface area (Å²) in [5, 5.41) is 15.9. The molecule has 26 heavy (non-hydrogen) atoms. The molecule has 1 aliphatic rings. The van der Waals surface area contributed by atoms with Gasteiger partial charge in [-0.05, 0) is 37.5 Å². The average molecular weight is 365 g/mol. The number of anilines is 1. The Bertz CT molecular complexity index is 891. The van der Waals surface area contributed by atoms with Gasteiger partial charge in [-0.25, -0.2) is 9.48 Å². The van der Waals surface area contributed by atoms with E-state index in [1.54, 1.807) is 4.57 Å². The van der Waals surface area contributed by atoms with Crippen LogP contribution in [0.1, 0.15) is 36.2 Å². The van der Waals surface area contributed by atoms with Crippen molar-refractivity contribution in [3.8, 4) is 6.07 Å². The lowest BCUT2D eigenvalue weighted by Gasteiger charge is -2.14. The summed E-state index contributed by atoms with van der Waals surface area (Å²) in [5.74, 6) is 0.773. The zero-order valence-electron chi connectivity index (χ0n) is 14.0. The summed E-state index contributed by atoms with van der Waals surface area (Å²) in [6, 6.07) is 5.06. The number of rotatable bonds is 5. The van der Waals surface area contributed by atoms with E-state index >= 15 is 0 Å². The van der Waals surface area contributed by atoms with Gasteiger partial charge in [0.1, 0.15) is 5.82 Å². The van der Waals surface area contributed by atoms with Crippen LogP contribution in [-0.4, -0.2) is 20.9 Å². The predicted molar refractivity (Wildman–Crippen MR) is 88.7 cm³/mol. The Morgan fingerprint density at radius 3 is 2.81 bits per heavy atom. The second-order valence-electron chi connectivity index (χ2n) is 6.18. The van der Waals surface area contributed by atoms with Crippen LogP contribution in [0.3, 0.4) is 0 Å². The first-order valence-electron chi connectivity index (χ1n) is 8.42. The summed E-state index contributed by atoms with van der Waals surface area (Å²) < 4.78 is 42.2. The van der Waals surface area contributed by atoms with Gasteiger partial charge in [-0.1, -0.05) is 0 Å². The van der Waals surface area contributed by atoms with Crippen LogP contribution in [0.15, 0.2) is 23.0 Å². The summed E-state index contributed by atoms with van der Waals surface area (Å²) >= 11 is 0. The average Bonchev–Trinajstić information content (AvgIpc) is 2.94. The molecule has 3 rings (SSSR count). The van der Waals surface area contributed by atoms with Gasteiger partial charge in [0, 0.05) is 31.7 Å². The van der Waals surface area contributed by atoms with Crippen LogP contribution in [0.5, 0.6) is 0 Å². The van der Waals surface area contributed by atoms with E-state index in [9.17, 15) is 18.0 Å². The van der Waals surface area contributed by atoms with Crippen LogP contribution in [-0.2, 0) is 25.7 Å². The quantitative estimate of drug-likeness (QED) is 0.827. The molecule has 0 fully saturated rings. The van der Waals surface area contributed by atoms with Gasteiger partial charge in [0.05, 0.1) is 17.2 Å². The molecule has 1 N–H and O–H groups in total. The van der Waals surface area contributed by atoms with E-state index in [0.717, 1.165) is 37.2 Å². The molecule has 6 nitrogen and oxygen atoms in total.